The molecule has 3 nitrogen and oxygen atoms in total. The molecule has 0 fully saturated rings. The van der Waals surface area contributed by atoms with E-state index in [9.17, 15) is 0 Å². The fraction of sp³-hybridized carbons (Fsp3) is 0.538. The summed E-state index contributed by atoms with van der Waals surface area (Å²) in [6, 6.07) is 4.13. The minimum atomic E-state index is 0.199. The van der Waals surface area contributed by atoms with Crippen molar-refractivity contribution in [1.82, 2.24) is 5.32 Å². The molecule has 1 aliphatic rings. The second-order valence-corrected chi connectivity index (χ2v) is 4.52. The summed E-state index contributed by atoms with van der Waals surface area (Å²) in [5, 5.41) is 4.19. The minimum absolute atomic E-state index is 0.199. The van der Waals surface area contributed by atoms with Crippen LogP contribution in [0.15, 0.2) is 12.1 Å². The maximum Gasteiger partial charge on any atom is 0.120 e. The number of ether oxygens (including phenoxy) is 2. The lowest BCUT2D eigenvalue weighted by Gasteiger charge is -2.19. The molecular formula is C13H18ClNO2. The Hall–Kier alpha value is -0.770. The van der Waals surface area contributed by atoms with Crippen LogP contribution in [0.5, 0.6) is 5.75 Å². The van der Waals surface area contributed by atoms with Gasteiger partial charge in [0.05, 0.1) is 26.4 Å². The molecule has 0 saturated carbocycles. The molecule has 1 N–H and O–H groups in total. The normalized spacial score (nSPS) is 19.6. The Balaban J connectivity index is 2.43. The number of halogens is 1. The summed E-state index contributed by atoms with van der Waals surface area (Å²) < 4.78 is 10.9. The van der Waals surface area contributed by atoms with Crippen LogP contribution in [0.4, 0.5) is 0 Å². The van der Waals surface area contributed by atoms with Crippen molar-refractivity contribution in [2.45, 2.75) is 19.4 Å². The summed E-state index contributed by atoms with van der Waals surface area (Å²) in [5.41, 5.74) is 2.38. The molecule has 0 amide bonds. The first-order chi connectivity index (χ1) is 8.26. The highest BCUT2D eigenvalue weighted by Gasteiger charge is 2.21. The molecule has 1 aliphatic heterocycles. The molecule has 0 aliphatic carbocycles. The molecule has 0 aromatic heterocycles. The summed E-state index contributed by atoms with van der Waals surface area (Å²) in [5.74, 6) is 0.804. The number of fused-ring (bicyclic) bond motifs is 1. The fourth-order valence-electron chi connectivity index (χ4n) is 2.20. The highest BCUT2D eigenvalue weighted by atomic mass is 35.5. The lowest BCUT2D eigenvalue weighted by atomic mass is 9.99. The average molecular weight is 256 g/mol. The van der Waals surface area contributed by atoms with Gasteiger partial charge in [0.15, 0.2) is 0 Å². The minimum Gasteiger partial charge on any atom is -0.497 e. The quantitative estimate of drug-likeness (QED) is 0.901. The predicted octanol–water partition coefficient (Wildman–Crippen LogP) is 2.57. The lowest BCUT2D eigenvalue weighted by molar-refractivity contribution is 0.122. The van der Waals surface area contributed by atoms with Crippen LogP contribution in [0.1, 0.15) is 24.1 Å². The molecule has 0 radical (unpaired) electrons. The van der Waals surface area contributed by atoms with Gasteiger partial charge in [-0.25, -0.2) is 0 Å². The third-order valence-corrected chi connectivity index (χ3v) is 3.38. The summed E-state index contributed by atoms with van der Waals surface area (Å²) in [4.78, 5) is 0. The molecule has 1 atom stereocenters. The van der Waals surface area contributed by atoms with Crippen LogP contribution in [-0.4, -0.2) is 26.9 Å². The van der Waals surface area contributed by atoms with Crippen LogP contribution in [0.2, 0.25) is 5.02 Å². The van der Waals surface area contributed by atoms with Crippen molar-refractivity contribution in [1.29, 1.82) is 0 Å². The zero-order valence-electron chi connectivity index (χ0n) is 10.3. The Morgan fingerprint density at radius 3 is 3.06 bits per heavy atom. The molecule has 1 aromatic carbocycles. The van der Waals surface area contributed by atoms with Crippen molar-refractivity contribution < 1.29 is 9.47 Å². The first kappa shape index (κ1) is 12.7. The predicted molar refractivity (Wildman–Crippen MR) is 68.9 cm³/mol. The van der Waals surface area contributed by atoms with Crippen LogP contribution in [-0.2, 0) is 11.2 Å². The SMILES string of the molecule is CCNC1COCCc2c(Cl)cc(OC)cc21. The number of rotatable bonds is 3. The van der Waals surface area contributed by atoms with E-state index in [4.69, 9.17) is 21.1 Å². The van der Waals surface area contributed by atoms with Gasteiger partial charge in [-0.05, 0) is 36.2 Å². The van der Waals surface area contributed by atoms with E-state index in [1.54, 1.807) is 7.11 Å². The van der Waals surface area contributed by atoms with Gasteiger partial charge in [-0.3, -0.25) is 0 Å². The first-order valence-electron chi connectivity index (χ1n) is 5.93. The van der Waals surface area contributed by atoms with Gasteiger partial charge in [0.1, 0.15) is 5.75 Å². The smallest absolute Gasteiger partial charge is 0.120 e. The summed E-state index contributed by atoms with van der Waals surface area (Å²) in [6.45, 7) is 4.40. The van der Waals surface area contributed by atoms with E-state index < -0.39 is 0 Å². The maximum atomic E-state index is 6.30. The van der Waals surface area contributed by atoms with Crippen LogP contribution in [0, 0.1) is 0 Å². The Bertz CT molecular complexity index is 395. The highest BCUT2D eigenvalue weighted by Crippen LogP contribution is 2.32. The molecule has 17 heavy (non-hydrogen) atoms. The molecule has 1 unspecified atom stereocenters. The largest absolute Gasteiger partial charge is 0.497 e. The highest BCUT2D eigenvalue weighted by molar-refractivity contribution is 6.31. The lowest BCUT2D eigenvalue weighted by Crippen LogP contribution is -2.24. The molecule has 0 spiro atoms. The van der Waals surface area contributed by atoms with Crippen molar-refractivity contribution in [3.05, 3.63) is 28.3 Å². The standard InChI is InChI=1S/C13H18ClNO2/c1-3-15-13-8-17-5-4-10-11(13)6-9(16-2)7-12(10)14/h6-7,13,15H,3-5,8H2,1-2H3. The monoisotopic (exact) mass is 255 g/mol. The van der Waals surface area contributed by atoms with Crippen LogP contribution in [0.3, 0.4) is 0 Å². The van der Waals surface area contributed by atoms with Crippen LogP contribution >= 0.6 is 11.6 Å². The molecule has 1 heterocycles. The van der Waals surface area contributed by atoms with Gasteiger partial charge in [0, 0.05) is 5.02 Å². The van der Waals surface area contributed by atoms with E-state index in [0.29, 0.717) is 6.61 Å². The van der Waals surface area contributed by atoms with Crippen molar-refractivity contribution in [3.8, 4) is 5.75 Å². The van der Waals surface area contributed by atoms with E-state index in [-0.39, 0.29) is 6.04 Å². The second-order valence-electron chi connectivity index (χ2n) is 4.11. The molecule has 2 rings (SSSR count). The van der Waals surface area contributed by atoms with Crippen molar-refractivity contribution in [3.63, 3.8) is 0 Å². The molecule has 0 bridgehead atoms. The van der Waals surface area contributed by atoms with E-state index in [1.807, 2.05) is 6.07 Å². The van der Waals surface area contributed by atoms with Crippen LogP contribution < -0.4 is 10.1 Å². The maximum absolute atomic E-state index is 6.30. The van der Waals surface area contributed by atoms with E-state index in [0.717, 1.165) is 30.3 Å². The number of methoxy groups -OCH3 is 1. The second kappa shape index (κ2) is 5.71. The Morgan fingerprint density at radius 1 is 1.53 bits per heavy atom. The van der Waals surface area contributed by atoms with Gasteiger partial charge in [0.2, 0.25) is 0 Å². The molecule has 1 aromatic rings. The Kier molecular flexibility index (Phi) is 4.26. The van der Waals surface area contributed by atoms with E-state index in [2.05, 4.69) is 18.3 Å². The van der Waals surface area contributed by atoms with Gasteiger partial charge < -0.3 is 14.8 Å². The van der Waals surface area contributed by atoms with Crippen molar-refractivity contribution in [2.24, 2.45) is 0 Å². The number of hydrogen-bond donors (Lipinski definition) is 1. The molecule has 4 heteroatoms. The topological polar surface area (TPSA) is 30.5 Å². The zero-order valence-corrected chi connectivity index (χ0v) is 11.0. The number of nitrogens with one attached hydrogen (secondary N) is 1. The van der Waals surface area contributed by atoms with Crippen LogP contribution in [0.25, 0.3) is 0 Å². The third-order valence-electron chi connectivity index (χ3n) is 3.05. The Morgan fingerprint density at radius 2 is 2.35 bits per heavy atom. The number of benzene rings is 1. The number of likely N-dealkylation sites (N-methyl/N-ethyl adjacent to an activating group) is 1. The van der Waals surface area contributed by atoms with Crippen molar-refractivity contribution in [2.75, 3.05) is 26.9 Å². The van der Waals surface area contributed by atoms with Crippen molar-refractivity contribution >= 4 is 11.6 Å². The summed E-state index contributed by atoms with van der Waals surface area (Å²) in [7, 11) is 1.66. The molecular weight excluding hydrogens is 238 g/mol. The van der Waals surface area contributed by atoms with E-state index >= 15 is 0 Å². The van der Waals surface area contributed by atoms with Gasteiger partial charge in [-0.2, -0.15) is 0 Å². The summed E-state index contributed by atoms with van der Waals surface area (Å²) in [6.07, 6.45) is 0.861. The van der Waals surface area contributed by atoms with Gasteiger partial charge in [0.25, 0.3) is 0 Å². The zero-order chi connectivity index (χ0) is 12.3. The van der Waals surface area contributed by atoms with Gasteiger partial charge in [-0.1, -0.05) is 18.5 Å². The van der Waals surface area contributed by atoms with E-state index in [1.165, 1.54) is 11.1 Å². The van der Waals surface area contributed by atoms with Gasteiger partial charge in [-0.15, -0.1) is 0 Å². The number of hydrogen-bond acceptors (Lipinski definition) is 3. The molecule has 94 valence electrons. The first-order valence-corrected chi connectivity index (χ1v) is 6.31. The molecule has 0 saturated heterocycles. The Labute approximate surface area is 107 Å². The average Bonchev–Trinajstić information content (AvgIpc) is 2.53. The third kappa shape index (κ3) is 2.73. The fourth-order valence-corrected chi connectivity index (χ4v) is 2.52. The summed E-state index contributed by atoms with van der Waals surface area (Å²) >= 11 is 6.30. The van der Waals surface area contributed by atoms with Gasteiger partial charge >= 0.3 is 0 Å².